The van der Waals surface area contributed by atoms with Gasteiger partial charge in [-0.3, -0.25) is 0 Å². The quantitative estimate of drug-likeness (QED) is 0.651. The first-order valence-electron chi connectivity index (χ1n) is 5.08. The summed E-state index contributed by atoms with van der Waals surface area (Å²) in [4.78, 5) is 0. The predicted molar refractivity (Wildman–Crippen MR) is 53.3 cm³/mol. The largest absolute Gasteiger partial charge is 0.311 e. The molecule has 0 unspecified atom stereocenters. The van der Waals surface area contributed by atoms with Crippen LogP contribution >= 0.6 is 0 Å². The highest BCUT2D eigenvalue weighted by atomic mass is 15.1. The van der Waals surface area contributed by atoms with E-state index in [0.29, 0.717) is 12.1 Å². The molecule has 72 valence electrons. The van der Waals surface area contributed by atoms with E-state index in [1.807, 2.05) is 0 Å². The van der Waals surface area contributed by atoms with E-state index in [2.05, 4.69) is 38.3 Å². The van der Waals surface area contributed by atoms with Crippen molar-refractivity contribution in [2.24, 2.45) is 11.8 Å². The van der Waals surface area contributed by atoms with Crippen LogP contribution < -0.4 is 10.6 Å². The summed E-state index contributed by atoms with van der Waals surface area (Å²) in [5.74, 6) is 1.48. The van der Waals surface area contributed by atoms with Gasteiger partial charge in [0, 0.05) is 25.2 Å². The molecule has 1 rings (SSSR count). The molecule has 2 nitrogen and oxygen atoms in total. The lowest BCUT2D eigenvalue weighted by atomic mass is 9.97. The number of nitrogens with one attached hydrogen (secondary N) is 2. The van der Waals surface area contributed by atoms with E-state index in [-0.39, 0.29) is 0 Å². The first-order valence-corrected chi connectivity index (χ1v) is 5.08. The normalized spacial score (nSPS) is 31.5. The summed E-state index contributed by atoms with van der Waals surface area (Å²) in [5, 5.41) is 7.17. The fourth-order valence-corrected chi connectivity index (χ4v) is 1.64. The molecular formula is C10H22N2. The molecule has 0 bridgehead atoms. The Bertz CT molecular complexity index is 108. The lowest BCUT2D eigenvalue weighted by molar-refractivity contribution is 0.259. The molecule has 0 aromatic rings. The zero-order chi connectivity index (χ0) is 9.14. The van der Waals surface area contributed by atoms with Gasteiger partial charge in [-0.1, -0.05) is 27.7 Å². The summed E-state index contributed by atoms with van der Waals surface area (Å²) >= 11 is 0. The smallest absolute Gasteiger partial charge is 0.0216 e. The molecule has 2 N–H and O–H groups in total. The molecule has 1 aliphatic rings. The zero-order valence-electron chi connectivity index (χ0n) is 8.72. The van der Waals surface area contributed by atoms with Gasteiger partial charge in [0.05, 0.1) is 0 Å². The van der Waals surface area contributed by atoms with Crippen LogP contribution in [-0.4, -0.2) is 25.2 Å². The minimum Gasteiger partial charge on any atom is -0.311 e. The lowest BCUT2D eigenvalue weighted by Gasteiger charge is -2.35. The van der Waals surface area contributed by atoms with Crippen LogP contribution in [0.4, 0.5) is 0 Å². The molecule has 1 saturated heterocycles. The van der Waals surface area contributed by atoms with Gasteiger partial charge in [0.1, 0.15) is 0 Å². The Hall–Kier alpha value is -0.0800. The van der Waals surface area contributed by atoms with Crippen molar-refractivity contribution in [2.75, 3.05) is 13.1 Å². The summed E-state index contributed by atoms with van der Waals surface area (Å²) in [5.41, 5.74) is 0. The Morgan fingerprint density at radius 2 is 1.17 bits per heavy atom. The van der Waals surface area contributed by atoms with Gasteiger partial charge in [-0.05, 0) is 11.8 Å². The Morgan fingerprint density at radius 3 is 1.33 bits per heavy atom. The van der Waals surface area contributed by atoms with Gasteiger partial charge in [-0.2, -0.15) is 0 Å². The van der Waals surface area contributed by atoms with E-state index in [4.69, 9.17) is 0 Å². The van der Waals surface area contributed by atoms with Gasteiger partial charge >= 0.3 is 0 Å². The van der Waals surface area contributed by atoms with Crippen molar-refractivity contribution < 1.29 is 0 Å². The molecule has 2 heteroatoms. The molecular weight excluding hydrogens is 148 g/mol. The third-order valence-corrected chi connectivity index (χ3v) is 2.81. The van der Waals surface area contributed by atoms with Gasteiger partial charge in [0.15, 0.2) is 0 Å². The van der Waals surface area contributed by atoms with E-state index in [0.717, 1.165) is 24.9 Å². The van der Waals surface area contributed by atoms with Crippen molar-refractivity contribution in [2.45, 2.75) is 39.8 Å². The van der Waals surface area contributed by atoms with E-state index in [9.17, 15) is 0 Å². The average Bonchev–Trinajstić information content (AvgIpc) is 2.04. The molecule has 1 fully saturated rings. The lowest BCUT2D eigenvalue weighted by Crippen LogP contribution is -2.57. The minimum absolute atomic E-state index is 0.667. The maximum absolute atomic E-state index is 3.59. The maximum Gasteiger partial charge on any atom is 0.0216 e. The summed E-state index contributed by atoms with van der Waals surface area (Å²) in [6, 6.07) is 1.33. The Kier molecular flexibility index (Phi) is 3.53. The van der Waals surface area contributed by atoms with E-state index in [1.54, 1.807) is 0 Å². The molecule has 0 radical (unpaired) electrons. The second-order valence-electron chi connectivity index (χ2n) is 4.52. The predicted octanol–water partition coefficient (Wildman–Crippen LogP) is 1.23. The molecule has 0 saturated carbocycles. The van der Waals surface area contributed by atoms with E-state index < -0.39 is 0 Å². The standard InChI is InChI=1S/C10H22N2/c1-7(2)9-5-12-10(6-11-9)8(3)4/h7-12H,5-6H2,1-4H3/t9-,10-/m1/s1. The molecule has 2 atom stereocenters. The molecule has 1 heterocycles. The fraction of sp³-hybridized carbons (Fsp3) is 1.00. The third kappa shape index (κ3) is 2.46. The van der Waals surface area contributed by atoms with Crippen molar-refractivity contribution in [3.8, 4) is 0 Å². The van der Waals surface area contributed by atoms with Gasteiger partial charge < -0.3 is 10.6 Å². The van der Waals surface area contributed by atoms with Crippen LogP contribution in [0.25, 0.3) is 0 Å². The van der Waals surface area contributed by atoms with Crippen LogP contribution in [0, 0.1) is 11.8 Å². The Morgan fingerprint density at radius 1 is 0.833 bits per heavy atom. The topological polar surface area (TPSA) is 24.1 Å². The Balaban J connectivity index is 2.30. The maximum atomic E-state index is 3.59. The average molecular weight is 170 g/mol. The number of rotatable bonds is 2. The number of hydrogen-bond donors (Lipinski definition) is 2. The van der Waals surface area contributed by atoms with Crippen molar-refractivity contribution in [3.05, 3.63) is 0 Å². The molecule has 12 heavy (non-hydrogen) atoms. The van der Waals surface area contributed by atoms with Crippen LogP contribution in [0.5, 0.6) is 0 Å². The SMILES string of the molecule is CC(C)[C@H]1CN[C@@H](C(C)C)CN1. The third-order valence-electron chi connectivity index (χ3n) is 2.81. The highest BCUT2D eigenvalue weighted by Crippen LogP contribution is 2.08. The van der Waals surface area contributed by atoms with Gasteiger partial charge in [0.25, 0.3) is 0 Å². The first-order chi connectivity index (χ1) is 5.61. The first kappa shape index (κ1) is 10.0. The molecule has 0 aliphatic carbocycles. The van der Waals surface area contributed by atoms with Crippen LogP contribution in [0.15, 0.2) is 0 Å². The number of piperazine rings is 1. The summed E-state index contributed by atoms with van der Waals surface area (Å²) in [7, 11) is 0. The van der Waals surface area contributed by atoms with Crippen LogP contribution in [0.2, 0.25) is 0 Å². The van der Waals surface area contributed by atoms with Gasteiger partial charge in [-0.15, -0.1) is 0 Å². The molecule has 1 aliphatic heterocycles. The summed E-state index contributed by atoms with van der Waals surface area (Å²) in [6.07, 6.45) is 0. The minimum atomic E-state index is 0.667. The molecule has 0 aromatic heterocycles. The monoisotopic (exact) mass is 170 g/mol. The van der Waals surface area contributed by atoms with E-state index >= 15 is 0 Å². The van der Waals surface area contributed by atoms with Crippen molar-refractivity contribution >= 4 is 0 Å². The summed E-state index contributed by atoms with van der Waals surface area (Å²) in [6.45, 7) is 11.3. The highest BCUT2D eigenvalue weighted by Gasteiger charge is 2.23. The van der Waals surface area contributed by atoms with Crippen molar-refractivity contribution in [3.63, 3.8) is 0 Å². The zero-order valence-corrected chi connectivity index (χ0v) is 8.72. The Labute approximate surface area is 76.1 Å². The fourth-order valence-electron chi connectivity index (χ4n) is 1.64. The molecule has 0 spiro atoms. The van der Waals surface area contributed by atoms with Crippen LogP contribution in [0.3, 0.4) is 0 Å². The van der Waals surface area contributed by atoms with Crippen molar-refractivity contribution in [1.82, 2.24) is 10.6 Å². The second kappa shape index (κ2) is 4.24. The molecule has 0 aromatic carbocycles. The molecule has 0 amide bonds. The highest BCUT2D eigenvalue weighted by molar-refractivity contribution is 4.85. The summed E-state index contributed by atoms with van der Waals surface area (Å²) < 4.78 is 0. The van der Waals surface area contributed by atoms with Crippen molar-refractivity contribution in [1.29, 1.82) is 0 Å². The van der Waals surface area contributed by atoms with Gasteiger partial charge in [-0.25, -0.2) is 0 Å². The number of hydrogen-bond acceptors (Lipinski definition) is 2. The van der Waals surface area contributed by atoms with Gasteiger partial charge in [0.2, 0.25) is 0 Å². The van der Waals surface area contributed by atoms with Crippen LogP contribution in [-0.2, 0) is 0 Å². The second-order valence-corrected chi connectivity index (χ2v) is 4.52. The van der Waals surface area contributed by atoms with E-state index in [1.165, 1.54) is 0 Å². The van der Waals surface area contributed by atoms with Crippen LogP contribution in [0.1, 0.15) is 27.7 Å².